The van der Waals surface area contributed by atoms with Gasteiger partial charge in [-0.15, -0.1) is 5.10 Å². The van der Waals surface area contributed by atoms with Gasteiger partial charge in [0.2, 0.25) is 0 Å². The normalized spacial score (nSPS) is 10.5. The monoisotopic (exact) mass is 339 g/mol. The highest BCUT2D eigenvalue weighted by Crippen LogP contribution is 2.26. The molecule has 0 aliphatic carbocycles. The second-order valence-corrected chi connectivity index (χ2v) is 5.43. The van der Waals surface area contributed by atoms with E-state index in [4.69, 9.17) is 10.2 Å². The van der Waals surface area contributed by atoms with Gasteiger partial charge in [0, 0.05) is 32.3 Å². The number of carbonyl (C=O) groups is 1. The number of hydrogen-bond donors (Lipinski definition) is 2. The molecule has 3 rings (SSSR count). The van der Waals surface area contributed by atoms with Crippen molar-refractivity contribution in [1.29, 1.82) is 0 Å². The molecule has 9 nitrogen and oxygen atoms in total. The lowest BCUT2D eigenvalue weighted by molar-refractivity contribution is 0.0827. The third-order valence-corrected chi connectivity index (χ3v) is 3.48. The molecule has 128 valence electrons. The average Bonchev–Trinajstić information content (AvgIpc) is 3.10. The number of hydrogen-bond acceptors (Lipinski definition) is 8. The third kappa shape index (κ3) is 3.25. The summed E-state index contributed by atoms with van der Waals surface area (Å²) in [5.41, 5.74) is 8.14. The van der Waals surface area contributed by atoms with Crippen LogP contribution < -0.4 is 11.1 Å². The lowest BCUT2D eigenvalue weighted by atomic mass is 10.1. The topological polar surface area (TPSA) is 123 Å². The number of amides is 1. The lowest BCUT2D eigenvalue weighted by Crippen LogP contribution is -2.21. The molecular weight excluding hydrogens is 322 g/mol. The second-order valence-electron chi connectivity index (χ2n) is 5.43. The van der Waals surface area contributed by atoms with Crippen molar-refractivity contribution in [3.63, 3.8) is 0 Å². The van der Waals surface area contributed by atoms with Gasteiger partial charge < -0.3 is 20.4 Å². The van der Waals surface area contributed by atoms with Gasteiger partial charge in [0.05, 0.1) is 11.9 Å². The van der Waals surface area contributed by atoms with Crippen molar-refractivity contribution in [2.24, 2.45) is 0 Å². The van der Waals surface area contributed by atoms with E-state index in [1.54, 1.807) is 51.6 Å². The molecule has 2 heterocycles. The Morgan fingerprint density at radius 1 is 1.20 bits per heavy atom. The molecule has 9 heteroatoms. The first kappa shape index (κ1) is 16.4. The first-order chi connectivity index (χ1) is 12.0. The maximum Gasteiger partial charge on any atom is 0.315 e. The zero-order chi connectivity index (χ0) is 18.0. The van der Waals surface area contributed by atoms with E-state index in [0.717, 1.165) is 5.56 Å². The van der Waals surface area contributed by atoms with E-state index in [-0.39, 0.29) is 23.6 Å². The molecule has 25 heavy (non-hydrogen) atoms. The molecule has 0 spiro atoms. The molecule has 0 aliphatic rings. The van der Waals surface area contributed by atoms with Gasteiger partial charge in [0.1, 0.15) is 0 Å². The van der Waals surface area contributed by atoms with Crippen molar-refractivity contribution in [2.45, 2.75) is 0 Å². The largest absolute Gasteiger partial charge is 0.402 e. The predicted octanol–water partition coefficient (Wildman–Crippen LogP) is 1.52. The molecule has 1 aromatic carbocycles. The van der Waals surface area contributed by atoms with Gasteiger partial charge in [-0.2, -0.15) is 0 Å². The van der Waals surface area contributed by atoms with Crippen molar-refractivity contribution >= 4 is 17.7 Å². The van der Waals surface area contributed by atoms with Crippen LogP contribution >= 0.6 is 0 Å². The molecular formula is C16H17N7O2. The smallest absolute Gasteiger partial charge is 0.315 e. The number of nitrogens with zero attached hydrogens (tertiary/aromatic N) is 5. The molecule has 0 fully saturated rings. The van der Waals surface area contributed by atoms with Gasteiger partial charge >= 0.3 is 6.01 Å². The zero-order valence-electron chi connectivity index (χ0n) is 14.0. The summed E-state index contributed by atoms with van der Waals surface area (Å²) >= 11 is 0. The summed E-state index contributed by atoms with van der Waals surface area (Å²) < 4.78 is 5.40. The van der Waals surface area contributed by atoms with E-state index >= 15 is 0 Å². The lowest BCUT2D eigenvalue weighted by Gasteiger charge is -2.10. The van der Waals surface area contributed by atoms with E-state index in [2.05, 4.69) is 25.5 Å². The Morgan fingerprint density at radius 3 is 2.52 bits per heavy atom. The van der Waals surface area contributed by atoms with Crippen molar-refractivity contribution in [3.05, 3.63) is 36.0 Å². The van der Waals surface area contributed by atoms with E-state index in [1.165, 1.54) is 4.90 Å². The fourth-order valence-electron chi connectivity index (χ4n) is 2.16. The number of nitrogens with one attached hydrogen (secondary N) is 1. The summed E-state index contributed by atoms with van der Waals surface area (Å²) in [5, 5.41) is 10.5. The summed E-state index contributed by atoms with van der Waals surface area (Å²) in [6.07, 6.45) is 1.55. The molecule has 0 unspecified atom stereocenters. The van der Waals surface area contributed by atoms with Crippen LogP contribution in [0, 0.1) is 0 Å². The highest BCUT2D eigenvalue weighted by molar-refractivity contribution is 5.94. The Balaban J connectivity index is 1.95. The SMILES string of the molecule is CNc1nnc(-c2nc(-c3ccc(C(=O)N(C)C)cc3)cnc2N)o1. The summed E-state index contributed by atoms with van der Waals surface area (Å²) in [5.74, 6) is 0.297. The number of benzene rings is 1. The van der Waals surface area contributed by atoms with Crippen molar-refractivity contribution in [2.75, 3.05) is 32.2 Å². The van der Waals surface area contributed by atoms with Gasteiger partial charge in [-0.1, -0.05) is 17.2 Å². The van der Waals surface area contributed by atoms with Gasteiger partial charge in [-0.05, 0) is 12.1 Å². The Morgan fingerprint density at radius 2 is 1.92 bits per heavy atom. The van der Waals surface area contributed by atoms with Crippen LogP contribution in [0.1, 0.15) is 10.4 Å². The zero-order valence-corrected chi connectivity index (χ0v) is 14.0. The summed E-state index contributed by atoms with van der Waals surface area (Å²) in [7, 11) is 5.08. The first-order valence-electron chi connectivity index (χ1n) is 7.46. The number of nitrogens with two attached hydrogens (primary N) is 1. The highest BCUT2D eigenvalue weighted by Gasteiger charge is 2.16. The van der Waals surface area contributed by atoms with Crippen LogP contribution in [-0.2, 0) is 0 Å². The Bertz CT molecular complexity index is 903. The van der Waals surface area contributed by atoms with E-state index in [1.807, 2.05) is 0 Å². The van der Waals surface area contributed by atoms with E-state index in [0.29, 0.717) is 17.0 Å². The second kappa shape index (κ2) is 6.56. The molecule has 2 aromatic heterocycles. The first-order valence-corrected chi connectivity index (χ1v) is 7.46. The van der Waals surface area contributed by atoms with Gasteiger partial charge in [0.15, 0.2) is 11.5 Å². The minimum absolute atomic E-state index is 0.0684. The number of aromatic nitrogens is 4. The van der Waals surface area contributed by atoms with Crippen LogP contribution in [-0.4, -0.2) is 52.1 Å². The summed E-state index contributed by atoms with van der Waals surface area (Å²) in [6.45, 7) is 0. The average molecular weight is 339 g/mol. The molecule has 0 saturated heterocycles. The predicted molar refractivity (Wildman–Crippen MR) is 92.7 cm³/mol. The Labute approximate surface area is 143 Å². The maximum atomic E-state index is 12.0. The fraction of sp³-hybridized carbons (Fsp3) is 0.188. The van der Waals surface area contributed by atoms with Gasteiger partial charge in [-0.3, -0.25) is 4.79 Å². The number of anilines is 2. The van der Waals surface area contributed by atoms with E-state index < -0.39 is 0 Å². The summed E-state index contributed by atoms with van der Waals surface area (Å²) in [4.78, 5) is 22.1. The minimum Gasteiger partial charge on any atom is -0.402 e. The fourth-order valence-corrected chi connectivity index (χ4v) is 2.16. The molecule has 0 atom stereocenters. The molecule has 0 bridgehead atoms. The molecule has 0 saturated carbocycles. The van der Waals surface area contributed by atoms with Crippen LogP contribution in [0.3, 0.4) is 0 Å². The van der Waals surface area contributed by atoms with Crippen molar-refractivity contribution in [1.82, 2.24) is 25.1 Å². The minimum atomic E-state index is -0.0684. The molecule has 0 aliphatic heterocycles. The molecule has 0 radical (unpaired) electrons. The van der Waals surface area contributed by atoms with Crippen LogP contribution in [0.2, 0.25) is 0 Å². The number of nitrogen functional groups attached to an aromatic ring is 1. The summed E-state index contributed by atoms with van der Waals surface area (Å²) in [6, 6.07) is 7.33. The van der Waals surface area contributed by atoms with Gasteiger partial charge in [0.25, 0.3) is 11.8 Å². The number of carbonyl (C=O) groups excluding carboxylic acids is 1. The molecule has 1 amide bonds. The number of rotatable bonds is 4. The van der Waals surface area contributed by atoms with Crippen molar-refractivity contribution in [3.8, 4) is 22.8 Å². The Kier molecular flexibility index (Phi) is 4.29. The van der Waals surface area contributed by atoms with Crippen LogP contribution in [0.25, 0.3) is 22.8 Å². The molecule has 3 aromatic rings. The quantitative estimate of drug-likeness (QED) is 0.733. The standard InChI is InChI=1S/C16H17N7O2/c1-18-16-22-21-14(25-16)12-13(17)19-8-11(20-12)9-4-6-10(7-5-9)15(24)23(2)3/h4-8H,1-3H3,(H2,17,19)(H,18,22). The van der Waals surface area contributed by atoms with Crippen molar-refractivity contribution < 1.29 is 9.21 Å². The van der Waals surface area contributed by atoms with Gasteiger partial charge in [-0.25, -0.2) is 9.97 Å². The maximum absolute atomic E-state index is 12.0. The van der Waals surface area contributed by atoms with E-state index in [9.17, 15) is 4.79 Å². The third-order valence-electron chi connectivity index (χ3n) is 3.48. The van der Waals surface area contributed by atoms with Crippen LogP contribution in [0.15, 0.2) is 34.9 Å². The Hall–Kier alpha value is -3.49. The molecule has 3 N–H and O–H groups in total. The highest BCUT2D eigenvalue weighted by atomic mass is 16.4. The van der Waals surface area contributed by atoms with Crippen LogP contribution in [0.4, 0.5) is 11.8 Å². The van der Waals surface area contributed by atoms with Crippen LogP contribution in [0.5, 0.6) is 0 Å².